The van der Waals surface area contributed by atoms with Crippen LogP contribution in [-0.2, 0) is 6.54 Å². The largest absolute Gasteiger partial charge is 0.384 e. The summed E-state index contributed by atoms with van der Waals surface area (Å²) in [4.78, 5) is 10.9. The van der Waals surface area contributed by atoms with E-state index in [-0.39, 0.29) is 0 Å². The Labute approximate surface area is 119 Å². The normalized spacial score (nSPS) is 20.1. The van der Waals surface area contributed by atoms with Gasteiger partial charge in [-0.15, -0.1) is 0 Å². The maximum absolute atomic E-state index is 5.64. The summed E-state index contributed by atoms with van der Waals surface area (Å²) in [5.74, 6) is 1.25. The summed E-state index contributed by atoms with van der Waals surface area (Å²) in [5.41, 5.74) is 7.83. The van der Waals surface area contributed by atoms with Crippen LogP contribution in [0.4, 0.5) is 5.82 Å². The van der Waals surface area contributed by atoms with Crippen molar-refractivity contribution in [1.29, 1.82) is 0 Å². The van der Waals surface area contributed by atoms with Gasteiger partial charge >= 0.3 is 0 Å². The zero-order valence-electron chi connectivity index (χ0n) is 11.9. The lowest BCUT2D eigenvalue weighted by Crippen LogP contribution is -2.34. The first-order chi connectivity index (χ1) is 9.72. The molecule has 3 rings (SSSR count). The van der Waals surface area contributed by atoms with E-state index in [1.165, 1.54) is 19.4 Å². The van der Waals surface area contributed by atoms with Crippen LogP contribution in [0.1, 0.15) is 12.8 Å². The molecule has 106 valence electrons. The first-order valence-electron chi connectivity index (χ1n) is 7.13. The number of pyridine rings is 1. The molecule has 0 spiro atoms. The van der Waals surface area contributed by atoms with E-state index in [0.29, 0.717) is 11.7 Å². The number of piperidine rings is 1. The first-order valence-corrected chi connectivity index (χ1v) is 7.13. The third-order valence-electron chi connectivity index (χ3n) is 3.97. The van der Waals surface area contributed by atoms with E-state index in [1.807, 2.05) is 30.9 Å². The maximum Gasteiger partial charge on any atom is 0.123 e. The lowest BCUT2D eigenvalue weighted by molar-refractivity contribution is 0.195. The number of nitrogens with zero attached hydrogens (tertiary/aromatic N) is 4. The molecule has 1 saturated heterocycles. The molecule has 0 amide bonds. The zero-order valence-corrected chi connectivity index (χ0v) is 11.9. The summed E-state index contributed by atoms with van der Waals surface area (Å²) in [5, 5.41) is 0. The van der Waals surface area contributed by atoms with Crippen molar-refractivity contribution in [3.63, 3.8) is 0 Å². The minimum Gasteiger partial charge on any atom is -0.384 e. The number of imidazole rings is 1. The summed E-state index contributed by atoms with van der Waals surface area (Å²) in [6.45, 7) is 3.40. The van der Waals surface area contributed by atoms with Crippen LogP contribution in [0, 0.1) is 5.92 Å². The van der Waals surface area contributed by atoms with Crippen LogP contribution in [0.25, 0.3) is 11.3 Å². The molecule has 1 aliphatic rings. The molecule has 0 aliphatic carbocycles. The lowest BCUT2D eigenvalue weighted by Gasteiger charge is -2.30. The third kappa shape index (κ3) is 2.82. The van der Waals surface area contributed by atoms with Crippen LogP contribution < -0.4 is 5.73 Å². The molecule has 1 aliphatic heterocycles. The van der Waals surface area contributed by atoms with Gasteiger partial charge in [-0.2, -0.15) is 0 Å². The number of likely N-dealkylation sites (tertiary alicyclic amines) is 1. The molecule has 0 aromatic carbocycles. The summed E-state index contributed by atoms with van der Waals surface area (Å²) in [7, 11) is 2.20. The van der Waals surface area contributed by atoms with Crippen molar-refractivity contribution in [2.45, 2.75) is 19.4 Å². The van der Waals surface area contributed by atoms with Crippen LogP contribution in [0.2, 0.25) is 0 Å². The van der Waals surface area contributed by atoms with E-state index in [2.05, 4.69) is 26.5 Å². The van der Waals surface area contributed by atoms with Gasteiger partial charge in [0, 0.05) is 24.8 Å². The monoisotopic (exact) mass is 271 g/mol. The molecule has 2 aromatic heterocycles. The van der Waals surface area contributed by atoms with E-state index in [9.17, 15) is 0 Å². The molecule has 1 fully saturated rings. The minimum absolute atomic E-state index is 0.550. The van der Waals surface area contributed by atoms with Crippen molar-refractivity contribution >= 4 is 5.82 Å². The second-order valence-corrected chi connectivity index (χ2v) is 5.67. The molecule has 1 atom stereocenters. The Morgan fingerprint density at radius 2 is 2.25 bits per heavy atom. The Morgan fingerprint density at radius 3 is 3.00 bits per heavy atom. The Kier molecular flexibility index (Phi) is 3.69. The van der Waals surface area contributed by atoms with Crippen molar-refractivity contribution in [1.82, 2.24) is 19.4 Å². The quantitative estimate of drug-likeness (QED) is 0.926. The summed E-state index contributed by atoms with van der Waals surface area (Å²) in [6.07, 6.45) is 8.21. The number of hydrogen-bond acceptors (Lipinski definition) is 4. The fourth-order valence-corrected chi connectivity index (χ4v) is 2.96. The summed E-state index contributed by atoms with van der Waals surface area (Å²) < 4.78 is 2.23. The molecule has 1 unspecified atom stereocenters. The van der Waals surface area contributed by atoms with Crippen molar-refractivity contribution in [3.05, 3.63) is 30.9 Å². The van der Waals surface area contributed by atoms with Gasteiger partial charge < -0.3 is 15.2 Å². The van der Waals surface area contributed by atoms with Gasteiger partial charge in [-0.1, -0.05) is 0 Å². The molecular weight excluding hydrogens is 250 g/mol. The molecule has 2 N–H and O–H groups in total. The predicted molar refractivity (Wildman–Crippen MR) is 80.1 cm³/mol. The molecule has 2 aromatic rings. The highest BCUT2D eigenvalue weighted by atomic mass is 15.1. The highest BCUT2D eigenvalue weighted by Crippen LogP contribution is 2.23. The Hall–Kier alpha value is -1.88. The topological polar surface area (TPSA) is 60.0 Å². The Bertz CT molecular complexity index is 560. The van der Waals surface area contributed by atoms with Crippen molar-refractivity contribution < 1.29 is 0 Å². The number of nitrogens with two attached hydrogens (primary N) is 1. The summed E-state index contributed by atoms with van der Waals surface area (Å²) >= 11 is 0. The molecule has 0 saturated carbocycles. The van der Waals surface area contributed by atoms with E-state index < -0.39 is 0 Å². The SMILES string of the molecule is CN1CCCC(Cn2cncc2-c2ccc(N)nc2)C1. The van der Waals surface area contributed by atoms with Crippen LogP contribution in [0.15, 0.2) is 30.9 Å². The van der Waals surface area contributed by atoms with Crippen LogP contribution in [0.3, 0.4) is 0 Å². The highest BCUT2D eigenvalue weighted by molar-refractivity contribution is 5.59. The molecular formula is C15H21N5. The number of nitrogen functional groups attached to an aromatic ring is 1. The zero-order chi connectivity index (χ0) is 13.9. The van der Waals surface area contributed by atoms with Crippen LogP contribution >= 0.6 is 0 Å². The van der Waals surface area contributed by atoms with Crippen molar-refractivity contribution in [2.24, 2.45) is 5.92 Å². The Balaban J connectivity index is 1.78. The molecule has 0 bridgehead atoms. The molecule has 0 radical (unpaired) electrons. The third-order valence-corrected chi connectivity index (χ3v) is 3.97. The van der Waals surface area contributed by atoms with Gasteiger partial charge in [-0.3, -0.25) is 0 Å². The second-order valence-electron chi connectivity index (χ2n) is 5.67. The molecule has 20 heavy (non-hydrogen) atoms. The molecule has 5 nitrogen and oxygen atoms in total. The van der Waals surface area contributed by atoms with Gasteiger partial charge in [0.05, 0.1) is 18.2 Å². The first kappa shape index (κ1) is 13.1. The number of aromatic nitrogens is 3. The fraction of sp³-hybridized carbons (Fsp3) is 0.467. The van der Waals surface area contributed by atoms with Gasteiger partial charge in [0.25, 0.3) is 0 Å². The van der Waals surface area contributed by atoms with Gasteiger partial charge in [0.15, 0.2) is 0 Å². The van der Waals surface area contributed by atoms with E-state index in [1.54, 1.807) is 0 Å². The average Bonchev–Trinajstić information content (AvgIpc) is 2.88. The Morgan fingerprint density at radius 1 is 1.35 bits per heavy atom. The minimum atomic E-state index is 0.550. The van der Waals surface area contributed by atoms with E-state index in [4.69, 9.17) is 5.73 Å². The molecule has 5 heteroatoms. The van der Waals surface area contributed by atoms with Crippen LogP contribution in [0.5, 0.6) is 0 Å². The van der Waals surface area contributed by atoms with Crippen molar-refractivity contribution in [3.8, 4) is 11.3 Å². The number of rotatable bonds is 3. The van der Waals surface area contributed by atoms with E-state index in [0.717, 1.165) is 24.3 Å². The van der Waals surface area contributed by atoms with Gasteiger partial charge in [0.1, 0.15) is 5.82 Å². The second kappa shape index (κ2) is 5.63. The van der Waals surface area contributed by atoms with Gasteiger partial charge in [0.2, 0.25) is 0 Å². The number of hydrogen-bond donors (Lipinski definition) is 1. The maximum atomic E-state index is 5.64. The van der Waals surface area contributed by atoms with Gasteiger partial charge in [-0.25, -0.2) is 9.97 Å². The van der Waals surface area contributed by atoms with Crippen molar-refractivity contribution in [2.75, 3.05) is 25.9 Å². The fourth-order valence-electron chi connectivity index (χ4n) is 2.96. The standard InChI is InChI=1S/C15H21N5/c1-19-6-2-3-12(9-19)10-20-11-17-8-14(20)13-4-5-15(16)18-7-13/h4-5,7-8,11-12H,2-3,6,9-10H2,1H3,(H2,16,18). The molecule has 3 heterocycles. The predicted octanol–water partition coefficient (Wildman–Crippen LogP) is 1.87. The van der Waals surface area contributed by atoms with Crippen LogP contribution in [-0.4, -0.2) is 39.6 Å². The lowest BCUT2D eigenvalue weighted by atomic mass is 9.98. The smallest absolute Gasteiger partial charge is 0.123 e. The number of anilines is 1. The summed E-state index contributed by atoms with van der Waals surface area (Å²) in [6, 6.07) is 3.84. The van der Waals surface area contributed by atoms with Gasteiger partial charge in [-0.05, 0) is 44.5 Å². The van der Waals surface area contributed by atoms with E-state index >= 15 is 0 Å². The average molecular weight is 271 g/mol. The highest BCUT2D eigenvalue weighted by Gasteiger charge is 2.18.